The highest BCUT2D eigenvalue weighted by molar-refractivity contribution is 5.50. The van der Waals surface area contributed by atoms with Crippen LogP contribution in [0.2, 0.25) is 0 Å². The summed E-state index contributed by atoms with van der Waals surface area (Å²) >= 11 is 0. The van der Waals surface area contributed by atoms with E-state index in [-0.39, 0.29) is 0 Å². The standard InChI is InChI=1S/C15H25N5/c1-5-8-13-18-14(17-6-2)11-15(19-13)20(12(3)4)10-7-9-16/h11-12H,5-8,10H2,1-4H3,(H,17,18,19). The smallest absolute Gasteiger partial charge is 0.134 e. The monoisotopic (exact) mass is 275 g/mol. The summed E-state index contributed by atoms with van der Waals surface area (Å²) < 4.78 is 0. The van der Waals surface area contributed by atoms with Crippen LogP contribution in [0.4, 0.5) is 11.6 Å². The van der Waals surface area contributed by atoms with Gasteiger partial charge >= 0.3 is 0 Å². The second kappa shape index (κ2) is 8.36. The highest BCUT2D eigenvalue weighted by atomic mass is 15.2. The van der Waals surface area contributed by atoms with Gasteiger partial charge in [0, 0.05) is 31.6 Å². The van der Waals surface area contributed by atoms with Crippen molar-refractivity contribution in [3.8, 4) is 6.07 Å². The van der Waals surface area contributed by atoms with Gasteiger partial charge in [0.15, 0.2) is 0 Å². The van der Waals surface area contributed by atoms with Crippen LogP contribution < -0.4 is 10.2 Å². The van der Waals surface area contributed by atoms with Crippen molar-refractivity contribution in [3.63, 3.8) is 0 Å². The van der Waals surface area contributed by atoms with Gasteiger partial charge in [0.25, 0.3) is 0 Å². The normalized spacial score (nSPS) is 10.4. The van der Waals surface area contributed by atoms with E-state index in [2.05, 4.69) is 53.9 Å². The minimum Gasteiger partial charge on any atom is -0.370 e. The molecule has 1 aromatic heterocycles. The summed E-state index contributed by atoms with van der Waals surface area (Å²) in [4.78, 5) is 11.3. The van der Waals surface area contributed by atoms with Crippen molar-refractivity contribution in [2.45, 2.75) is 53.0 Å². The van der Waals surface area contributed by atoms with E-state index in [1.807, 2.05) is 6.07 Å². The third-order valence-electron chi connectivity index (χ3n) is 2.97. The van der Waals surface area contributed by atoms with Crippen LogP contribution in [0.25, 0.3) is 0 Å². The number of nitriles is 1. The second-order valence-electron chi connectivity index (χ2n) is 5.00. The Morgan fingerprint density at radius 3 is 2.65 bits per heavy atom. The first kappa shape index (κ1) is 16.2. The zero-order valence-electron chi connectivity index (χ0n) is 13.0. The van der Waals surface area contributed by atoms with E-state index >= 15 is 0 Å². The molecule has 1 N–H and O–H groups in total. The molecule has 110 valence electrons. The number of nitrogens with one attached hydrogen (secondary N) is 1. The molecule has 0 spiro atoms. The highest BCUT2D eigenvalue weighted by Gasteiger charge is 2.14. The molecule has 0 aliphatic carbocycles. The molecule has 20 heavy (non-hydrogen) atoms. The molecule has 0 saturated heterocycles. The Hall–Kier alpha value is -1.83. The Labute approximate surface area is 122 Å². The van der Waals surface area contributed by atoms with E-state index in [1.165, 1.54) is 0 Å². The average Bonchev–Trinajstić information content (AvgIpc) is 2.39. The summed E-state index contributed by atoms with van der Waals surface area (Å²) in [5.74, 6) is 2.64. The van der Waals surface area contributed by atoms with Crippen molar-refractivity contribution in [2.75, 3.05) is 23.3 Å². The Morgan fingerprint density at radius 2 is 2.10 bits per heavy atom. The van der Waals surface area contributed by atoms with Crippen LogP contribution >= 0.6 is 0 Å². The minimum atomic E-state index is 0.308. The molecule has 0 saturated carbocycles. The van der Waals surface area contributed by atoms with E-state index in [4.69, 9.17) is 5.26 Å². The summed E-state index contributed by atoms with van der Waals surface area (Å²) in [6, 6.07) is 4.48. The van der Waals surface area contributed by atoms with Gasteiger partial charge in [-0.3, -0.25) is 0 Å². The average molecular weight is 275 g/mol. The number of hydrogen-bond acceptors (Lipinski definition) is 5. The van der Waals surface area contributed by atoms with E-state index < -0.39 is 0 Å². The second-order valence-corrected chi connectivity index (χ2v) is 5.00. The molecular weight excluding hydrogens is 250 g/mol. The lowest BCUT2D eigenvalue weighted by Crippen LogP contribution is -2.32. The maximum absolute atomic E-state index is 8.80. The van der Waals surface area contributed by atoms with Crippen molar-refractivity contribution in [3.05, 3.63) is 11.9 Å². The van der Waals surface area contributed by atoms with Crippen LogP contribution in [0.1, 0.15) is 46.4 Å². The molecular formula is C15H25N5. The fraction of sp³-hybridized carbons (Fsp3) is 0.667. The van der Waals surface area contributed by atoms with Crippen molar-refractivity contribution < 1.29 is 0 Å². The lowest BCUT2D eigenvalue weighted by Gasteiger charge is -2.27. The van der Waals surface area contributed by atoms with E-state index in [1.54, 1.807) is 0 Å². The van der Waals surface area contributed by atoms with Gasteiger partial charge in [-0.2, -0.15) is 5.26 Å². The fourth-order valence-electron chi connectivity index (χ4n) is 2.05. The largest absolute Gasteiger partial charge is 0.370 e. The number of aromatic nitrogens is 2. The van der Waals surface area contributed by atoms with Crippen LogP contribution in [0.3, 0.4) is 0 Å². The van der Waals surface area contributed by atoms with Crippen molar-refractivity contribution in [2.24, 2.45) is 0 Å². The first-order chi connectivity index (χ1) is 9.62. The molecule has 0 aliphatic heterocycles. The molecule has 0 atom stereocenters. The summed E-state index contributed by atoms with van der Waals surface area (Å²) in [7, 11) is 0. The maximum atomic E-state index is 8.80. The van der Waals surface area contributed by atoms with Crippen molar-refractivity contribution >= 4 is 11.6 Å². The molecule has 0 fully saturated rings. The lowest BCUT2D eigenvalue weighted by molar-refractivity contribution is 0.671. The predicted molar refractivity (Wildman–Crippen MR) is 82.9 cm³/mol. The number of aryl methyl sites for hydroxylation is 1. The molecule has 0 aliphatic rings. The van der Waals surface area contributed by atoms with Gasteiger partial charge in [-0.05, 0) is 27.2 Å². The zero-order chi connectivity index (χ0) is 15.0. The zero-order valence-corrected chi connectivity index (χ0v) is 13.0. The summed E-state index contributed by atoms with van der Waals surface area (Å²) in [5.41, 5.74) is 0. The van der Waals surface area contributed by atoms with Gasteiger partial charge in [-0.15, -0.1) is 0 Å². The molecule has 0 radical (unpaired) electrons. The number of rotatable bonds is 8. The molecule has 1 aromatic rings. The third kappa shape index (κ3) is 4.69. The summed E-state index contributed by atoms with van der Waals surface area (Å²) in [5, 5.41) is 12.1. The Bertz CT molecular complexity index is 426. The quantitative estimate of drug-likeness (QED) is 0.790. The predicted octanol–water partition coefficient (Wildman–Crippen LogP) is 2.99. The number of anilines is 2. The Balaban J connectivity index is 3.08. The SMILES string of the molecule is CCCc1nc(NCC)cc(N(CCC#N)C(C)C)n1. The first-order valence-corrected chi connectivity index (χ1v) is 7.37. The lowest BCUT2D eigenvalue weighted by atomic mass is 10.2. The summed E-state index contributed by atoms with van der Waals surface area (Å²) in [6.45, 7) is 9.94. The molecule has 5 heteroatoms. The Kier molecular flexibility index (Phi) is 6.78. The van der Waals surface area contributed by atoms with Crippen LogP contribution in [-0.2, 0) is 6.42 Å². The summed E-state index contributed by atoms with van der Waals surface area (Å²) in [6.07, 6.45) is 2.40. The van der Waals surface area contributed by atoms with E-state index in [0.29, 0.717) is 19.0 Å². The van der Waals surface area contributed by atoms with Gasteiger partial charge in [-0.25, -0.2) is 9.97 Å². The minimum absolute atomic E-state index is 0.308. The van der Waals surface area contributed by atoms with Crippen LogP contribution in [-0.4, -0.2) is 29.1 Å². The van der Waals surface area contributed by atoms with E-state index in [0.717, 1.165) is 36.8 Å². The van der Waals surface area contributed by atoms with Crippen LogP contribution in [0, 0.1) is 11.3 Å². The highest BCUT2D eigenvalue weighted by Crippen LogP contribution is 2.19. The fourth-order valence-corrected chi connectivity index (χ4v) is 2.05. The molecule has 1 rings (SSSR count). The van der Waals surface area contributed by atoms with Gasteiger partial charge in [0.1, 0.15) is 17.5 Å². The Morgan fingerprint density at radius 1 is 1.35 bits per heavy atom. The van der Waals surface area contributed by atoms with Crippen LogP contribution in [0.15, 0.2) is 6.07 Å². The van der Waals surface area contributed by atoms with Gasteiger partial charge < -0.3 is 10.2 Å². The molecule has 0 amide bonds. The van der Waals surface area contributed by atoms with Crippen LogP contribution in [0.5, 0.6) is 0 Å². The third-order valence-corrected chi connectivity index (χ3v) is 2.97. The first-order valence-electron chi connectivity index (χ1n) is 7.37. The topological polar surface area (TPSA) is 64.8 Å². The van der Waals surface area contributed by atoms with Gasteiger partial charge in [0.05, 0.1) is 12.5 Å². The molecule has 0 bridgehead atoms. The van der Waals surface area contributed by atoms with E-state index in [9.17, 15) is 0 Å². The molecule has 0 aromatic carbocycles. The number of hydrogen-bond donors (Lipinski definition) is 1. The number of nitrogens with zero attached hydrogens (tertiary/aromatic N) is 4. The van der Waals surface area contributed by atoms with Gasteiger partial charge in [-0.1, -0.05) is 6.92 Å². The molecule has 1 heterocycles. The molecule has 5 nitrogen and oxygen atoms in total. The van der Waals surface area contributed by atoms with Crippen molar-refractivity contribution in [1.82, 2.24) is 9.97 Å². The maximum Gasteiger partial charge on any atom is 0.134 e. The molecule has 0 unspecified atom stereocenters. The van der Waals surface area contributed by atoms with Crippen molar-refractivity contribution in [1.29, 1.82) is 5.26 Å². The van der Waals surface area contributed by atoms with Gasteiger partial charge in [0.2, 0.25) is 0 Å².